The summed E-state index contributed by atoms with van der Waals surface area (Å²) in [5.74, 6) is 1.09. The van der Waals surface area contributed by atoms with Gasteiger partial charge in [-0.2, -0.15) is 0 Å². The van der Waals surface area contributed by atoms with Crippen molar-refractivity contribution in [1.29, 1.82) is 0 Å². The summed E-state index contributed by atoms with van der Waals surface area (Å²) in [5, 5.41) is 8.60. The Morgan fingerprint density at radius 1 is 0.967 bits per heavy atom. The maximum Gasteiger partial charge on any atom is 0.257 e. The standard InChI is InChI=1S/C23H23FN4O2/c1-2-30-21-6-4-3-5-19(21)23(29)28-15-13-27(14-16-28)22-12-11-20(25-26-22)17-7-9-18(24)10-8-17/h3-12H,2,13-16H2,1H3. The smallest absolute Gasteiger partial charge is 0.257 e. The maximum absolute atomic E-state index is 13.1. The second-order valence-corrected chi connectivity index (χ2v) is 6.99. The molecular weight excluding hydrogens is 383 g/mol. The molecule has 1 amide bonds. The van der Waals surface area contributed by atoms with Crippen molar-refractivity contribution in [3.05, 3.63) is 72.0 Å². The minimum atomic E-state index is -0.278. The van der Waals surface area contributed by atoms with Gasteiger partial charge in [0.2, 0.25) is 0 Å². The number of amides is 1. The van der Waals surface area contributed by atoms with Gasteiger partial charge in [0.25, 0.3) is 5.91 Å². The lowest BCUT2D eigenvalue weighted by Crippen LogP contribution is -2.49. The van der Waals surface area contributed by atoms with Gasteiger partial charge < -0.3 is 14.5 Å². The second-order valence-electron chi connectivity index (χ2n) is 6.99. The van der Waals surface area contributed by atoms with Crippen LogP contribution in [-0.2, 0) is 0 Å². The first-order chi connectivity index (χ1) is 14.7. The molecule has 0 radical (unpaired) electrons. The van der Waals surface area contributed by atoms with Gasteiger partial charge >= 0.3 is 0 Å². The number of hydrogen-bond acceptors (Lipinski definition) is 5. The van der Waals surface area contributed by atoms with Gasteiger partial charge in [-0.1, -0.05) is 12.1 Å². The molecule has 0 N–H and O–H groups in total. The fourth-order valence-electron chi connectivity index (χ4n) is 3.50. The summed E-state index contributed by atoms with van der Waals surface area (Å²) in [6.07, 6.45) is 0. The number of nitrogens with zero attached hydrogens (tertiary/aromatic N) is 4. The number of hydrogen-bond donors (Lipinski definition) is 0. The topological polar surface area (TPSA) is 58.6 Å². The zero-order chi connectivity index (χ0) is 20.9. The van der Waals surface area contributed by atoms with Crippen LogP contribution in [0.25, 0.3) is 11.3 Å². The molecule has 0 atom stereocenters. The van der Waals surface area contributed by atoms with Crippen molar-refractivity contribution in [2.45, 2.75) is 6.92 Å². The quantitative estimate of drug-likeness (QED) is 0.647. The molecule has 30 heavy (non-hydrogen) atoms. The van der Waals surface area contributed by atoms with Crippen LogP contribution in [0.2, 0.25) is 0 Å². The number of ether oxygens (including phenoxy) is 1. The molecule has 1 aromatic heterocycles. The van der Waals surface area contributed by atoms with Crippen LogP contribution in [-0.4, -0.2) is 53.8 Å². The number of anilines is 1. The third-order valence-electron chi connectivity index (χ3n) is 5.10. The summed E-state index contributed by atoms with van der Waals surface area (Å²) in [4.78, 5) is 16.9. The molecule has 7 heteroatoms. The summed E-state index contributed by atoms with van der Waals surface area (Å²) in [6, 6.07) is 17.3. The average molecular weight is 406 g/mol. The van der Waals surface area contributed by atoms with Crippen LogP contribution in [0.4, 0.5) is 10.2 Å². The molecule has 154 valence electrons. The molecule has 0 spiro atoms. The van der Waals surface area contributed by atoms with Crippen molar-refractivity contribution in [3.63, 3.8) is 0 Å². The Bertz CT molecular complexity index is 1000. The Balaban J connectivity index is 1.40. The molecule has 4 rings (SSSR count). The normalized spacial score (nSPS) is 13.9. The van der Waals surface area contributed by atoms with Crippen molar-refractivity contribution in [2.24, 2.45) is 0 Å². The molecule has 1 aliphatic heterocycles. The molecule has 0 aliphatic carbocycles. The van der Waals surface area contributed by atoms with Crippen LogP contribution in [0.1, 0.15) is 17.3 Å². The molecule has 6 nitrogen and oxygen atoms in total. The first-order valence-corrected chi connectivity index (χ1v) is 10.0. The Hall–Kier alpha value is -3.48. The second kappa shape index (κ2) is 8.90. The number of carbonyl (C=O) groups excluding carboxylic acids is 1. The Morgan fingerprint density at radius 2 is 1.70 bits per heavy atom. The van der Waals surface area contributed by atoms with Crippen LogP contribution >= 0.6 is 0 Å². The molecule has 0 saturated carbocycles. The van der Waals surface area contributed by atoms with E-state index < -0.39 is 0 Å². The lowest BCUT2D eigenvalue weighted by atomic mass is 10.1. The van der Waals surface area contributed by atoms with Crippen LogP contribution in [0, 0.1) is 5.82 Å². The first-order valence-electron chi connectivity index (χ1n) is 10.0. The highest BCUT2D eigenvalue weighted by molar-refractivity contribution is 5.97. The minimum absolute atomic E-state index is 0.0172. The fraction of sp³-hybridized carbons (Fsp3) is 0.261. The van der Waals surface area contributed by atoms with E-state index in [0.29, 0.717) is 49.8 Å². The maximum atomic E-state index is 13.1. The minimum Gasteiger partial charge on any atom is -0.493 e. The highest BCUT2D eigenvalue weighted by Gasteiger charge is 2.25. The fourth-order valence-corrected chi connectivity index (χ4v) is 3.50. The predicted octanol–water partition coefficient (Wildman–Crippen LogP) is 3.64. The summed E-state index contributed by atoms with van der Waals surface area (Å²) < 4.78 is 18.7. The van der Waals surface area contributed by atoms with Crippen molar-refractivity contribution in [3.8, 4) is 17.0 Å². The number of para-hydroxylation sites is 1. The number of rotatable bonds is 5. The number of aromatic nitrogens is 2. The summed E-state index contributed by atoms with van der Waals surface area (Å²) in [6.45, 7) is 4.97. The van der Waals surface area contributed by atoms with E-state index in [1.54, 1.807) is 18.2 Å². The van der Waals surface area contributed by atoms with Crippen LogP contribution in [0.15, 0.2) is 60.7 Å². The first kappa shape index (κ1) is 19.8. The Kier molecular flexibility index (Phi) is 5.88. The van der Waals surface area contributed by atoms with E-state index in [0.717, 1.165) is 11.4 Å². The zero-order valence-electron chi connectivity index (χ0n) is 16.8. The van der Waals surface area contributed by atoms with E-state index in [-0.39, 0.29) is 11.7 Å². The predicted molar refractivity (Wildman–Crippen MR) is 113 cm³/mol. The number of benzene rings is 2. The van der Waals surface area contributed by atoms with Gasteiger partial charge in [-0.05, 0) is 55.5 Å². The molecule has 1 aliphatic rings. The van der Waals surface area contributed by atoms with Gasteiger partial charge in [-0.15, -0.1) is 10.2 Å². The molecule has 1 saturated heterocycles. The zero-order valence-corrected chi connectivity index (χ0v) is 16.8. The molecule has 1 fully saturated rings. The largest absolute Gasteiger partial charge is 0.493 e. The molecule has 0 bridgehead atoms. The molecular formula is C23H23FN4O2. The lowest BCUT2D eigenvalue weighted by molar-refractivity contribution is 0.0742. The summed E-state index contributed by atoms with van der Waals surface area (Å²) in [7, 11) is 0. The summed E-state index contributed by atoms with van der Waals surface area (Å²) >= 11 is 0. The SMILES string of the molecule is CCOc1ccccc1C(=O)N1CCN(c2ccc(-c3ccc(F)cc3)nn2)CC1. The van der Waals surface area contributed by atoms with Crippen LogP contribution < -0.4 is 9.64 Å². The highest BCUT2D eigenvalue weighted by Crippen LogP contribution is 2.23. The number of carbonyl (C=O) groups is 1. The van der Waals surface area contributed by atoms with Gasteiger partial charge in [-0.3, -0.25) is 4.79 Å². The van der Waals surface area contributed by atoms with E-state index >= 15 is 0 Å². The van der Waals surface area contributed by atoms with Crippen LogP contribution in [0.5, 0.6) is 5.75 Å². The van der Waals surface area contributed by atoms with E-state index in [2.05, 4.69) is 15.1 Å². The van der Waals surface area contributed by atoms with Crippen molar-refractivity contribution in [2.75, 3.05) is 37.7 Å². The Morgan fingerprint density at radius 3 is 2.37 bits per heavy atom. The number of halogens is 1. The van der Waals surface area contributed by atoms with Crippen LogP contribution in [0.3, 0.4) is 0 Å². The van der Waals surface area contributed by atoms with E-state index in [1.807, 2.05) is 42.2 Å². The molecule has 2 aromatic carbocycles. The van der Waals surface area contributed by atoms with Crippen molar-refractivity contribution >= 4 is 11.7 Å². The summed E-state index contributed by atoms with van der Waals surface area (Å²) in [5.41, 5.74) is 2.11. The van der Waals surface area contributed by atoms with Gasteiger partial charge in [0, 0.05) is 31.7 Å². The van der Waals surface area contributed by atoms with Crippen molar-refractivity contribution < 1.29 is 13.9 Å². The van der Waals surface area contributed by atoms with Gasteiger partial charge in [0.05, 0.1) is 17.9 Å². The Labute approximate surface area is 174 Å². The van der Waals surface area contributed by atoms with Gasteiger partial charge in [0.1, 0.15) is 11.6 Å². The lowest BCUT2D eigenvalue weighted by Gasteiger charge is -2.35. The monoisotopic (exact) mass is 406 g/mol. The highest BCUT2D eigenvalue weighted by atomic mass is 19.1. The van der Waals surface area contributed by atoms with E-state index in [1.165, 1.54) is 12.1 Å². The molecule has 3 aromatic rings. The molecule has 0 unspecified atom stereocenters. The van der Waals surface area contributed by atoms with Crippen molar-refractivity contribution in [1.82, 2.24) is 15.1 Å². The van der Waals surface area contributed by atoms with Gasteiger partial charge in [-0.25, -0.2) is 4.39 Å². The van der Waals surface area contributed by atoms with E-state index in [9.17, 15) is 9.18 Å². The average Bonchev–Trinajstić information content (AvgIpc) is 2.80. The van der Waals surface area contributed by atoms with E-state index in [4.69, 9.17) is 4.74 Å². The number of piperazine rings is 1. The third-order valence-corrected chi connectivity index (χ3v) is 5.10. The molecule has 2 heterocycles. The van der Waals surface area contributed by atoms with Gasteiger partial charge in [0.15, 0.2) is 5.82 Å². The third kappa shape index (κ3) is 4.25.